The molecule has 29 heavy (non-hydrogen) atoms. The number of rotatable bonds is 5. The van der Waals surface area contributed by atoms with E-state index < -0.39 is 0 Å². The smallest absolute Gasteiger partial charge is 0.272 e. The Morgan fingerprint density at radius 3 is 2.34 bits per heavy atom. The van der Waals surface area contributed by atoms with E-state index in [1.54, 1.807) is 11.8 Å². The van der Waals surface area contributed by atoms with Gasteiger partial charge in [-0.2, -0.15) is 5.10 Å². The number of piperazine rings is 1. The first-order valence-electron chi connectivity index (χ1n) is 9.88. The zero-order chi connectivity index (χ0) is 20.2. The highest BCUT2D eigenvalue weighted by Gasteiger charge is 2.25. The lowest BCUT2D eigenvalue weighted by molar-refractivity contribution is 0.0618. The van der Waals surface area contributed by atoms with Gasteiger partial charge in [0.2, 0.25) is 0 Å². The Balaban J connectivity index is 1.40. The van der Waals surface area contributed by atoms with Crippen LogP contribution in [-0.2, 0) is 13.6 Å². The fourth-order valence-corrected chi connectivity index (χ4v) is 3.68. The molecule has 1 aromatic heterocycles. The average molecular weight is 390 g/mol. The van der Waals surface area contributed by atoms with E-state index in [1.165, 1.54) is 5.56 Å². The maximum atomic E-state index is 13.1. The van der Waals surface area contributed by atoms with Crippen LogP contribution in [0.25, 0.3) is 11.3 Å². The number of aromatic nitrogens is 2. The standard InChI is InChI=1S/C23H26N4O2/c1-25-22(16-21(24-25)19-8-10-20(29-2)11-9-19)23(28)27-14-12-26(13-15-27)17-18-6-4-3-5-7-18/h3-11,16H,12-15,17H2,1-2H3. The Kier molecular flexibility index (Phi) is 5.62. The Labute approximate surface area is 171 Å². The summed E-state index contributed by atoms with van der Waals surface area (Å²) in [6.45, 7) is 4.15. The van der Waals surface area contributed by atoms with E-state index in [2.05, 4.69) is 34.3 Å². The number of nitrogens with zero attached hydrogens (tertiary/aromatic N) is 4. The highest BCUT2D eigenvalue weighted by molar-refractivity contribution is 5.93. The molecule has 0 radical (unpaired) electrons. The molecule has 0 bridgehead atoms. The summed E-state index contributed by atoms with van der Waals surface area (Å²) in [5.41, 5.74) is 3.68. The minimum Gasteiger partial charge on any atom is -0.497 e. The first-order valence-corrected chi connectivity index (χ1v) is 9.88. The molecule has 0 saturated carbocycles. The van der Waals surface area contributed by atoms with Crippen molar-refractivity contribution in [1.29, 1.82) is 0 Å². The van der Waals surface area contributed by atoms with Crippen LogP contribution in [0.5, 0.6) is 5.75 Å². The van der Waals surface area contributed by atoms with Crippen LogP contribution < -0.4 is 4.74 Å². The Bertz CT molecular complexity index is 958. The molecule has 0 unspecified atom stereocenters. The number of amides is 1. The molecular formula is C23H26N4O2. The Hall–Kier alpha value is -3.12. The fourth-order valence-electron chi connectivity index (χ4n) is 3.68. The van der Waals surface area contributed by atoms with Crippen molar-refractivity contribution in [2.45, 2.75) is 6.54 Å². The van der Waals surface area contributed by atoms with Crippen LogP contribution in [0.2, 0.25) is 0 Å². The summed E-state index contributed by atoms with van der Waals surface area (Å²) < 4.78 is 6.89. The summed E-state index contributed by atoms with van der Waals surface area (Å²) in [4.78, 5) is 17.4. The number of ether oxygens (including phenoxy) is 1. The van der Waals surface area contributed by atoms with Crippen molar-refractivity contribution in [3.63, 3.8) is 0 Å². The lowest BCUT2D eigenvalue weighted by atomic mass is 10.1. The van der Waals surface area contributed by atoms with Gasteiger partial charge in [0.25, 0.3) is 5.91 Å². The summed E-state index contributed by atoms with van der Waals surface area (Å²) in [5, 5.41) is 4.54. The molecule has 150 valence electrons. The number of carbonyl (C=O) groups is 1. The second kappa shape index (κ2) is 8.49. The molecule has 4 rings (SSSR count). The van der Waals surface area contributed by atoms with E-state index in [1.807, 2.05) is 48.3 Å². The van der Waals surface area contributed by atoms with E-state index in [9.17, 15) is 4.79 Å². The number of benzene rings is 2. The molecular weight excluding hydrogens is 364 g/mol. The SMILES string of the molecule is COc1ccc(-c2cc(C(=O)N3CCN(Cc4ccccc4)CC3)n(C)n2)cc1. The minimum atomic E-state index is 0.0409. The van der Waals surface area contributed by atoms with Gasteiger partial charge in [-0.15, -0.1) is 0 Å². The van der Waals surface area contributed by atoms with Crippen LogP contribution in [0.15, 0.2) is 60.7 Å². The number of hydrogen-bond donors (Lipinski definition) is 0. The van der Waals surface area contributed by atoms with E-state index in [4.69, 9.17) is 4.74 Å². The quantitative estimate of drug-likeness (QED) is 0.672. The predicted octanol–water partition coefficient (Wildman–Crippen LogP) is 3.05. The molecule has 1 fully saturated rings. The van der Waals surface area contributed by atoms with Crippen LogP contribution in [-0.4, -0.2) is 58.8 Å². The number of hydrogen-bond acceptors (Lipinski definition) is 4. The van der Waals surface area contributed by atoms with Crippen molar-refractivity contribution in [1.82, 2.24) is 19.6 Å². The molecule has 1 saturated heterocycles. The second-order valence-electron chi connectivity index (χ2n) is 7.32. The van der Waals surface area contributed by atoms with E-state index in [0.29, 0.717) is 5.69 Å². The first-order chi connectivity index (χ1) is 14.1. The van der Waals surface area contributed by atoms with Crippen LogP contribution in [0.3, 0.4) is 0 Å². The lowest BCUT2D eigenvalue weighted by Crippen LogP contribution is -2.48. The lowest BCUT2D eigenvalue weighted by Gasteiger charge is -2.34. The van der Waals surface area contributed by atoms with Gasteiger partial charge >= 0.3 is 0 Å². The van der Waals surface area contributed by atoms with Gasteiger partial charge in [-0.3, -0.25) is 14.4 Å². The molecule has 2 aromatic carbocycles. The third-order valence-electron chi connectivity index (χ3n) is 5.39. The predicted molar refractivity (Wildman–Crippen MR) is 113 cm³/mol. The number of carbonyl (C=O) groups excluding carboxylic acids is 1. The third kappa shape index (κ3) is 4.32. The van der Waals surface area contributed by atoms with Gasteiger partial charge in [0, 0.05) is 45.3 Å². The minimum absolute atomic E-state index is 0.0409. The van der Waals surface area contributed by atoms with Gasteiger partial charge in [-0.25, -0.2) is 0 Å². The molecule has 2 heterocycles. The Morgan fingerprint density at radius 1 is 1.00 bits per heavy atom. The van der Waals surface area contributed by atoms with Gasteiger partial charge < -0.3 is 9.64 Å². The second-order valence-corrected chi connectivity index (χ2v) is 7.32. The molecule has 1 aliphatic rings. The monoisotopic (exact) mass is 390 g/mol. The molecule has 0 N–H and O–H groups in total. The normalized spacial score (nSPS) is 14.8. The molecule has 1 aliphatic heterocycles. The molecule has 0 aliphatic carbocycles. The molecule has 0 spiro atoms. The summed E-state index contributed by atoms with van der Waals surface area (Å²) in [6.07, 6.45) is 0. The molecule has 1 amide bonds. The molecule has 0 atom stereocenters. The highest BCUT2D eigenvalue weighted by atomic mass is 16.5. The van der Waals surface area contributed by atoms with Crippen LogP contribution in [0.1, 0.15) is 16.1 Å². The van der Waals surface area contributed by atoms with Crippen molar-refractivity contribution < 1.29 is 9.53 Å². The zero-order valence-corrected chi connectivity index (χ0v) is 16.9. The summed E-state index contributed by atoms with van der Waals surface area (Å²) in [7, 11) is 3.47. The van der Waals surface area contributed by atoms with Crippen molar-refractivity contribution in [3.8, 4) is 17.0 Å². The highest BCUT2D eigenvalue weighted by Crippen LogP contribution is 2.23. The van der Waals surface area contributed by atoms with Gasteiger partial charge in [0.05, 0.1) is 12.8 Å². The summed E-state index contributed by atoms with van der Waals surface area (Å²) in [5.74, 6) is 0.841. The van der Waals surface area contributed by atoms with E-state index >= 15 is 0 Å². The summed E-state index contributed by atoms with van der Waals surface area (Å²) >= 11 is 0. The van der Waals surface area contributed by atoms with Crippen molar-refractivity contribution in [3.05, 3.63) is 71.9 Å². The largest absolute Gasteiger partial charge is 0.497 e. The van der Waals surface area contributed by atoms with Gasteiger partial charge in [-0.05, 0) is 35.9 Å². The van der Waals surface area contributed by atoms with Crippen LogP contribution in [0, 0.1) is 0 Å². The van der Waals surface area contributed by atoms with Crippen molar-refractivity contribution >= 4 is 5.91 Å². The maximum Gasteiger partial charge on any atom is 0.272 e. The van der Waals surface area contributed by atoms with Gasteiger partial charge in [0.15, 0.2) is 0 Å². The topological polar surface area (TPSA) is 50.6 Å². The maximum absolute atomic E-state index is 13.1. The van der Waals surface area contributed by atoms with E-state index in [-0.39, 0.29) is 5.91 Å². The number of methoxy groups -OCH3 is 1. The van der Waals surface area contributed by atoms with E-state index in [0.717, 1.165) is 49.7 Å². The summed E-state index contributed by atoms with van der Waals surface area (Å²) in [6, 6.07) is 20.1. The van der Waals surface area contributed by atoms with Crippen LogP contribution >= 0.6 is 0 Å². The molecule has 6 heteroatoms. The fraction of sp³-hybridized carbons (Fsp3) is 0.304. The Morgan fingerprint density at radius 2 is 1.69 bits per heavy atom. The first kappa shape index (κ1) is 19.2. The van der Waals surface area contributed by atoms with Crippen molar-refractivity contribution in [2.24, 2.45) is 7.05 Å². The van der Waals surface area contributed by atoms with Gasteiger partial charge in [-0.1, -0.05) is 30.3 Å². The molecule has 3 aromatic rings. The zero-order valence-electron chi connectivity index (χ0n) is 16.9. The number of aryl methyl sites for hydroxylation is 1. The molecule has 6 nitrogen and oxygen atoms in total. The third-order valence-corrected chi connectivity index (χ3v) is 5.39. The van der Waals surface area contributed by atoms with Crippen LogP contribution in [0.4, 0.5) is 0 Å². The average Bonchev–Trinajstić information content (AvgIpc) is 3.16. The van der Waals surface area contributed by atoms with Gasteiger partial charge in [0.1, 0.15) is 11.4 Å². The van der Waals surface area contributed by atoms with Crippen molar-refractivity contribution in [2.75, 3.05) is 33.3 Å².